The fourth-order valence-electron chi connectivity index (χ4n) is 2.83. The Kier molecular flexibility index (Phi) is 5.18. The standard InChI is InChI=1S/C21H18BrN3OS/c1-3-10-25-20(19-12-16-11-17(22)8-9-18(16)26-19)23-24-21(25)27-13-15-6-4-14(2)5-7-15/h3-9,11-12H,1,10,13H2,2H3. The first kappa shape index (κ1) is 18.1. The summed E-state index contributed by atoms with van der Waals surface area (Å²) in [6, 6.07) is 16.5. The number of thioether (sulfide) groups is 1. The van der Waals surface area contributed by atoms with E-state index in [-0.39, 0.29) is 0 Å². The number of allylic oxidation sites excluding steroid dienone is 1. The van der Waals surface area contributed by atoms with Crippen LogP contribution in [0.25, 0.3) is 22.6 Å². The van der Waals surface area contributed by atoms with Crippen LogP contribution in [0.1, 0.15) is 11.1 Å². The normalized spacial score (nSPS) is 11.2. The Labute approximate surface area is 170 Å². The average Bonchev–Trinajstić information content (AvgIpc) is 3.25. The van der Waals surface area contributed by atoms with E-state index in [1.165, 1.54) is 11.1 Å². The first-order chi connectivity index (χ1) is 13.1. The van der Waals surface area contributed by atoms with E-state index in [4.69, 9.17) is 4.42 Å². The third-order valence-corrected chi connectivity index (χ3v) is 5.75. The van der Waals surface area contributed by atoms with E-state index in [9.17, 15) is 0 Å². The lowest BCUT2D eigenvalue weighted by Gasteiger charge is -2.06. The third kappa shape index (κ3) is 3.87. The zero-order valence-corrected chi connectivity index (χ0v) is 17.3. The molecule has 0 atom stereocenters. The second-order valence-corrected chi connectivity index (χ2v) is 8.13. The summed E-state index contributed by atoms with van der Waals surface area (Å²) in [7, 11) is 0. The summed E-state index contributed by atoms with van der Waals surface area (Å²) in [6.45, 7) is 6.59. The average molecular weight is 440 g/mol. The lowest BCUT2D eigenvalue weighted by atomic mass is 10.2. The number of furan rings is 1. The summed E-state index contributed by atoms with van der Waals surface area (Å²) in [5.74, 6) is 2.26. The smallest absolute Gasteiger partial charge is 0.200 e. The molecule has 0 amide bonds. The fraction of sp³-hybridized carbons (Fsp3) is 0.143. The summed E-state index contributed by atoms with van der Waals surface area (Å²) in [5.41, 5.74) is 3.35. The maximum atomic E-state index is 6.00. The summed E-state index contributed by atoms with van der Waals surface area (Å²) in [4.78, 5) is 0. The van der Waals surface area contributed by atoms with Crippen molar-refractivity contribution in [3.63, 3.8) is 0 Å². The molecular weight excluding hydrogens is 422 g/mol. The minimum Gasteiger partial charge on any atom is -0.453 e. The molecule has 6 heteroatoms. The van der Waals surface area contributed by atoms with E-state index in [1.54, 1.807) is 11.8 Å². The lowest BCUT2D eigenvalue weighted by molar-refractivity contribution is 0.613. The van der Waals surface area contributed by atoms with Crippen molar-refractivity contribution in [3.8, 4) is 11.6 Å². The molecule has 0 N–H and O–H groups in total. The van der Waals surface area contributed by atoms with Gasteiger partial charge in [0.15, 0.2) is 10.9 Å². The molecule has 0 aliphatic heterocycles. The maximum absolute atomic E-state index is 6.00. The van der Waals surface area contributed by atoms with Crippen molar-refractivity contribution in [3.05, 3.63) is 76.8 Å². The molecule has 0 saturated carbocycles. The van der Waals surface area contributed by atoms with Crippen LogP contribution < -0.4 is 0 Å². The van der Waals surface area contributed by atoms with Crippen LogP contribution in [-0.4, -0.2) is 14.8 Å². The molecule has 0 unspecified atom stereocenters. The number of fused-ring (bicyclic) bond motifs is 1. The van der Waals surface area contributed by atoms with Gasteiger partial charge in [0, 0.05) is 22.2 Å². The summed E-state index contributed by atoms with van der Waals surface area (Å²) in [5, 5.41) is 10.7. The van der Waals surface area contributed by atoms with Crippen LogP contribution in [0, 0.1) is 6.92 Å². The molecule has 2 aromatic heterocycles. The van der Waals surface area contributed by atoms with Crippen molar-refractivity contribution in [1.82, 2.24) is 14.8 Å². The van der Waals surface area contributed by atoms with Crippen molar-refractivity contribution in [2.24, 2.45) is 0 Å². The van der Waals surface area contributed by atoms with Gasteiger partial charge in [0.25, 0.3) is 0 Å². The zero-order chi connectivity index (χ0) is 18.8. The molecule has 0 spiro atoms. The van der Waals surface area contributed by atoms with E-state index in [0.717, 1.165) is 26.4 Å². The maximum Gasteiger partial charge on any atom is 0.200 e. The molecule has 2 aromatic carbocycles. The van der Waals surface area contributed by atoms with Gasteiger partial charge in [0.2, 0.25) is 5.82 Å². The minimum atomic E-state index is 0.624. The Hall–Kier alpha value is -2.31. The van der Waals surface area contributed by atoms with Gasteiger partial charge in [-0.15, -0.1) is 16.8 Å². The molecule has 0 aliphatic rings. The highest BCUT2D eigenvalue weighted by molar-refractivity contribution is 9.10. The van der Waals surface area contributed by atoms with Crippen LogP contribution in [0.5, 0.6) is 0 Å². The number of hydrogen-bond donors (Lipinski definition) is 0. The molecule has 0 saturated heterocycles. The Bertz CT molecular complexity index is 1100. The molecule has 2 heterocycles. The van der Waals surface area contributed by atoms with Crippen LogP contribution in [0.2, 0.25) is 0 Å². The van der Waals surface area contributed by atoms with Gasteiger partial charge in [-0.3, -0.25) is 4.57 Å². The number of aromatic nitrogens is 3. The topological polar surface area (TPSA) is 43.9 Å². The van der Waals surface area contributed by atoms with Crippen LogP contribution >= 0.6 is 27.7 Å². The van der Waals surface area contributed by atoms with Gasteiger partial charge in [0.05, 0.1) is 0 Å². The molecule has 4 rings (SSSR count). The largest absolute Gasteiger partial charge is 0.453 e. The molecule has 0 bridgehead atoms. The monoisotopic (exact) mass is 439 g/mol. The number of halogens is 1. The Morgan fingerprint density at radius 1 is 1.15 bits per heavy atom. The second kappa shape index (κ2) is 7.74. The molecule has 27 heavy (non-hydrogen) atoms. The van der Waals surface area contributed by atoms with Crippen molar-refractivity contribution < 1.29 is 4.42 Å². The van der Waals surface area contributed by atoms with E-state index in [2.05, 4.69) is 63.9 Å². The van der Waals surface area contributed by atoms with Crippen molar-refractivity contribution in [2.75, 3.05) is 0 Å². The fourth-order valence-corrected chi connectivity index (χ4v) is 4.11. The summed E-state index contributed by atoms with van der Waals surface area (Å²) in [6.07, 6.45) is 1.85. The van der Waals surface area contributed by atoms with Crippen molar-refractivity contribution in [1.29, 1.82) is 0 Å². The highest BCUT2D eigenvalue weighted by Crippen LogP contribution is 2.31. The van der Waals surface area contributed by atoms with Crippen LogP contribution in [0.15, 0.2) is 75.2 Å². The predicted octanol–water partition coefficient (Wildman–Crippen LogP) is 6.24. The molecule has 0 aliphatic carbocycles. The van der Waals surface area contributed by atoms with Gasteiger partial charge < -0.3 is 4.42 Å². The Morgan fingerprint density at radius 2 is 1.96 bits per heavy atom. The van der Waals surface area contributed by atoms with Gasteiger partial charge in [0.1, 0.15) is 5.58 Å². The summed E-state index contributed by atoms with van der Waals surface area (Å²) >= 11 is 5.16. The van der Waals surface area contributed by atoms with Crippen molar-refractivity contribution in [2.45, 2.75) is 24.4 Å². The number of aryl methyl sites for hydroxylation is 1. The first-order valence-electron chi connectivity index (χ1n) is 8.56. The molecule has 4 nitrogen and oxygen atoms in total. The van der Waals surface area contributed by atoms with Crippen LogP contribution in [-0.2, 0) is 12.3 Å². The SMILES string of the molecule is C=CCn1c(SCc2ccc(C)cc2)nnc1-c1cc2cc(Br)ccc2o1. The quantitative estimate of drug-likeness (QED) is 0.263. The number of benzene rings is 2. The third-order valence-electron chi connectivity index (χ3n) is 4.22. The van der Waals surface area contributed by atoms with Crippen molar-refractivity contribution >= 4 is 38.7 Å². The molecular formula is C21H18BrN3OS. The van der Waals surface area contributed by atoms with Gasteiger partial charge in [-0.05, 0) is 36.8 Å². The van der Waals surface area contributed by atoms with Gasteiger partial charge in [-0.1, -0.05) is 63.6 Å². The number of rotatable bonds is 6. The minimum absolute atomic E-state index is 0.624. The van der Waals surface area contributed by atoms with E-state index in [0.29, 0.717) is 18.1 Å². The number of hydrogen-bond acceptors (Lipinski definition) is 4. The molecule has 0 radical (unpaired) electrons. The molecule has 4 aromatic rings. The van der Waals surface area contributed by atoms with Gasteiger partial charge in [-0.25, -0.2) is 0 Å². The van der Waals surface area contributed by atoms with Gasteiger partial charge >= 0.3 is 0 Å². The Balaban J connectivity index is 1.64. The van der Waals surface area contributed by atoms with Crippen LogP contribution in [0.3, 0.4) is 0 Å². The Morgan fingerprint density at radius 3 is 2.74 bits per heavy atom. The second-order valence-electron chi connectivity index (χ2n) is 6.27. The van der Waals surface area contributed by atoms with Crippen LogP contribution in [0.4, 0.5) is 0 Å². The number of nitrogens with zero attached hydrogens (tertiary/aromatic N) is 3. The lowest BCUT2D eigenvalue weighted by Crippen LogP contribution is -2.00. The van der Waals surface area contributed by atoms with E-state index < -0.39 is 0 Å². The summed E-state index contributed by atoms with van der Waals surface area (Å²) < 4.78 is 9.06. The molecule has 136 valence electrons. The van der Waals surface area contributed by atoms with E-state index >= 15 is 0 Å². The van der Waals surface area contributed by atoms with Gasteiger partial charge in [-0.2, -0.15) is 0 Å². The highest BCUT2D eigenvalue weighted by Gasteiger charge is 2.17. The highest BCUT2D eigenvalue weighted by atomic mass is 79.9. The zero-order valence-electron chi connectivity index (χ0n) is 14.9. The van der Waals surface area contributed by atoms with E-state index in [1.807, 2.05) is 34.9 Å². The predicted molar refractivity (Wildman–Crippen MR) is 114 cm³/mol. The molecule has 0 fully saturated rings. The first-order valence-corrected chi connectivity index (χ1v) is 10.3.